The molecule has 5 nitrogen and oxygen atoms in total. The second kappa shape index (κ2) is 7.11. The number of nitrogens with one attached hydrogen (secondary N) is 1. The van der Waals surface area contributed by atoms with E-state index >= 15 is 0 Å². The number of halogens is 1. The van der Waals surface area contributed by atoms with Gasteiger partial charge in [-0.3, -0.25) is 4.79 Å². The molecule has 0 bridgehead atoms. The van der Waals surface area contributed by atoms with Crippen molar-refractivity contribution in [3.05, 3.63) is 28.8 Å². The maximum absolute atomic E-state index is 11.7. The largest absolute Gasteiger partial charge is 0.478 e. The highest BCUT2D eigenvalue weighted by Crippen LogP contribution is 2.21. The number of rotatable bonds is 6. The first-order chi connectivity index (χ1) is 8.93. The van der Waals surface area contributed by atoms with Crippen LogP contribution in [0.15, 0.2) is 18.2 Å². The van der Waals surface area contributed by atoms with Crippen molar-refractivity contribution in [3.63, 3.8) is 0 Å². The van der Waals surface area contributed by atoms with E-state index in [0.717, 1.165) is 0 Å². The number of carbonyl (C=O) groups excluding carboxylic acids is 1. The molecule has 0 spiro atoms. The van der Waals surface area contributed by atoms with Gasteiger partial charge in [-0.1, -0.05) is 18.5 Å². The second-order valence-corrected chi connectivity index (χ2v) is 4.83. The summed E-state index contributed by atoms with van der Waals surface area (Å²) >= 11 is 5.81. The van der Waals surface area contributed by atoms with Gasteiger partial charge in [0, 0.05) is 12.1 Å². The number of carbonyl (C=O) groups is 2. The lowest BCUT2D eigenvalue weighted by Gasteiger charge is -2.09. The van der Waals surface area contributed by atoms with Gasteiger partial charge in [-0.25, -0.2) is 4.79 Å². The number of aromatic carboxylic acids is 1. The number of nitrogens with two attached hydrogens (primary N) is 1. The molecule has 19 heavy (non-hydrogen) atoms. The molecule has 0 saturated carbocycles. The van der Waals surface area contributed by atoms with Crippen molar-refractivity contribution < 1.29 is 14.7 Å². The van der Waals surface area contributed by atoms with Crippen LogP contribution in [0.25, 0.3) is 0 Å². The zero-order valence-electron chi connectivity index (χ0n) is 10.6. The molecule has 104 valence electrons. The third-order valence-electron chi connectivity index (χ3n) is 2.75. The summed E-state index contributed by atoms with van der Waals surface area (Å²) in [6.07, 6.45) is 1.08. The summed E-state index contributed by atoms with van der Waals surface area (Å²) in [4.78, 5) is 22.4. The maximum atomic E-state index is 11.7. The lowest BCUT2D eigenvalue weighted by molar-refractivity contribution is -0.116. The minimum Gasteiger partial charge on any atom is -0.478 e. The fraction of sp³-hybridized carbons (Fsp3) is 0.385. The number of benzene rings is 1. The molecule has 6 heteroatoms. The van der Waals surface area contributed by atoms with Gasteiger partial charge in [0.2, 0.25) is 5.91 Å². The number of anilines is 1. The molecule has 0 aliphatic rings. The highest BCUT2D eigenvalue weighted by Gasteiger charge is 2.10. The first-order valence-corrected chi connectivity index (χ1v) is 6.34. The molecule has 1 atom stereocenters. The van der Waals surface area contributed by atoms with Gasteiger partial charge < -0.3 is 16.2 Å². The molecule has 0 aliphatic heterocycles. The van der Waals surface area contributed by atoms with Crippen LogP contribution < -0.4 is 11.1 Å². The zero-order chi connectivity index (χ0) is 14.4. The second-order valence-electron chi connectivity index (χ2n) is 4.43. The molecule has 1 rings (SSSR count). The number of carboxylic acid groups (broad SMARTS) is 1. The Balaban J connectivity index is 2.60. The van der Waals surface area contributed by atoms with Gasteiger partial charge in [0.1, 0.15) is 0 Å². The van der Waals surface area contributed by atoms with Crippen LogP contribution in [-0.4, -0.2) is 23.5 Å². The standard InChI is InChI=1S/C13H17ClN2O3/c1-8(7-15)2-5-12(17)16-9-3-4-10(13(18)19)11(14)6-9/h3-4,6,8H,2,5,7,15H2,1H3,(H,16,17)(H,18,19). The summed E-state index contributed by atoms with van der Waals surface area (Å²) in [5, 5.41) is 11.6. The zero-order valence-corrected chi connectivity index (χ0v) is 11.4. The Bertz CT molecular complexity index is 477. The van der Waals surface area contributed by atoms with Crippen molar-refractivity contribution >= 4 is 29.2 Å². The molecule has 0 saturated heterocycles. The van der Waals surface area contributed by atoms with Crippen molar-refractivity contribution in [2.75, 3.05) is 11.9 Å². The minimum atomic E-state index is -1.10. The minimum absolute atomic E-state index is 0.0106. The van der Waals surface area contributed by atoms with Crippen molar-refractivity contribution in [1.29, 1.82) is 0 Å². The topological polar surface area (TPSA) is 92.4 Å². The molecule has 0 aliphatic carbocycles. The molecule has 1 aromatic carbocycles. The normalized spacial score (nSPS) is 11.9. The average Bonchev–Trinajstić information content (AvgIpc) is 2.35. The van der Waals surface area contributed by atoms with Crippen molar-refractivity contribution in [3.8, 4) is 0 Å². The van der Waals surface area contributed by atoms with Gasteiger partial charge in [0.15, 0.2) is 0 Å². The van der Waals surface area contributed by atoms with Gasteiger partial charge in [-0.05, 0) is 37.1 Å². The van der Waals surface area contributed by atoms with Crippen LogP contribution in [0.5, 0.6) is 0 Å². The van der Waals surface area contributed by atoms with E-state index in [9.17, 15) is 9.59 Å². The molecule has 0 heterocycles. The average molecular weight is 285 g/mol. The monoisotopic (exact) mass is 284 g/mol. The van der Waals surface area contributed by atoms with Crippen LogP contribution in [0.1, 0.15) is 30.1 Å². The quantitative estimate of drug-likeness (QED) is 0.747. The Morgan fingerprint density at radius 2 is 2.16 bits per heavy atom. The van der Waals surface area contributed by atoms with Crippen LogP contribution in [0.3, 0.4) is 0 Å². The van der Waals surface area contributed by atoms with Crippen LogP contribution in [0.2, 0.25) is 5.02 Å². The van der Waals surface area contributed by atoms with Gasteiger partial charge in [-0.15, -0.1) is 0 Å². The Morgan fingerprint density at radius 1 is 1.47 bits per heavy atom. The van der Waals surface area contributed by atoms with E-state index in [1.807, 2.05) is 6.92 Å². The highest BCUT2D eigenvalue weighted by atomic mass is 35.5. The summed E-state index contributed by atoms with van der Waals surface area (Å²) < 4.78 is 0. The third-order valence-corrected chi connectivity index (χ3v) is 3.06. The van der Waals surface area contributed by atoms with E-state index < -0.39 is 5.97 Å². The molecular formula is C13H17ClN2O3. The molecule has 0 aromatic heterocycles. The Kier molecular flexibility index (Phi) is 5.79. The lowest BCUT2D eigenvalue weighted by atomic mass is 10.1. The summed E-state index contributed by atoms with van der Waals surface area (Å²) in [5.74, 6) is -0.942. The predicted octanol–water partition coefficient (Wildman–Crippen LogP) is 2.35. The smallest absolute Gasteiger partial charge is 0.337 e. The molecule has 0 radical (unpaired) electrons. The molecule has 1 aromatic rings. The first kappa shape index (κ1) is 15.5. The highest BCUT2D eigenvalue weighted by molar-refractivity contribution is 6.33. The van der Waals surface area contributed by atoms with Crippen LogP contribution >= 0.6 is 11.6 Å². The van der Waals surface area contributed by atoms with E-state index in [2.05, 4.69) is 5.32 Å². The molecule has 0 fully saturated rings. The first-order valence-electron chi connectivity index (χ1n) is 5.96. The maximum Gasteiger partial charge on any atom is 0.337 e. The van der Waals surface area contributed by atoms with Crippen molar-refractivity contribution in [2.24, 2.45) is 11.7 Å². The van der Waals surface area contributed by atoms with E-state index in [4.69, 9.17) is 22.4 Å². The van der Waals surface area contributed by atoms with Crippen LogP contribution in [0.4, 0.5) is 5.69 Å². The number of hydrogen-bond acceptors (Lipinski definition) is 3. The number of hydrogen-bond donors (Lipinski definition) is 3. The SMILES string of the molecule is CC(CN)CCC(=O)Nc1ccc(C(=O)O)c(Cl)c1. The van der Waals surface area contributed by atoms with Gasteiger partial charge >= 0.3 is 5.97 Å². The van der Waals surface area contributed by atoms with E-state index in [1.165, 1.54) is 18.2 Å². The van der Waals surface area contributed by atoms with Crippen molar-refractivity contribution in [1.82, 2.24) is 0 Å². The fourth-order valence-electron chi connectivity index (χ4n) is 1.49. The predicted molar refractivity (Wildman–Crippen MR) is 74.5 cm³/mol. The van der Waals surface area contributed by atoms with Gasteiger partial charge in [0.25, 0.3) is 0 Å². The third kappa shape index (κ3) is 4.89. The molecule has 1 amide bonds. The lowest BCUT2D eigenvalue weighted by Crippen LogP contribution is -2.16. The number of carboxylic acids is 1. The fourth-order valence-corrected chi connectivity index (χ4v) is 1.75. The Morgan fingerprint density at radius 3 is 2.68 bits per heavy atom. The van der Waals surface area contributed by atoms with E-state index in [-0.39, 0.29) is 16.5 Å². The van der Waals surface area contributed by atoms with Gasteiger partial charge in [-0.2, -0.15) is 0 Å². The Hall–Kier alpha value is -1.59. The number of amides is 1. The summed E-state index contributed by atoms with van der Waals surface area (Å²) in [5.41, 5.74) is 5.97. The van der Waals surface area contributed by atoms with Crippen molar-refractivity contribution in [2.45, 2.75) is 19.8 Å². The van der Waals surface area contributed by atoms with Crippen LogP contribution in [-0.2, 0) is 4.79 Å². The van der Waals surface area contributed by atoms with Gasteiger partial charge in [0.05, 0.1) is 10.6 Å². The molecular weight excluding hydrogens is 268 g/mol. The summed E-state index contributed by atoms with van der Waals surface area (Å²) in [6.45, 7) is 2.53. The molecule has 4 N–H and O–H groups in total. The van der Waals surface area contributed by atoms with Crippen LogP contribution in [0, 0.1) is 5.92 Å². The van der Waals surface area contributed by atoms with E-state index in [1.54, 1.807) is 0 Å². The Labute approximate surface area is 116 Å². The molecule has 1 unspecified atom stereocenters. The summed E-state index contributed by atoms with van der Waals surface area (Å²) in [6, 6.07) is 4.30. The van der Waals surface area contributed by atoms with E-state index in [0.29, 0.717) is 31.0 Å². The summed E-state index contributed by atoms with van der Waals surface area (Å²) in [7, 11) is 0.